The quantitative estimate of drug-likeness (QED) is 0.808. The van der Waals surface area contributed by atoms with Crippen LogP contribution >= 0.6 is 0 Å². The molecule has 0 aromatic heterocycles. The van der Waals surface area contributed by atoms with Gasteiger partial charge in [0.25, 0.3) is 5.91 Å². The van der Waals surface area contributed by atoms with E-state index < -0.39 is 0 Å². The Morgan fingerprint density at radius 3 is 2.03 bits per heavy atom. The van der Waals surface area contributed by atoms with Crippen molar-refractivity contribution in [2.45, 2.75) is 26.2 Å². The zero-order chi connectivity index (χ0) is 20.8. The number of hydrogen-bond donors (Lipinski definition) is 2. The number of likely N-dealkylation sites (tertiary alicyclic amines) is 1. The number of anilines is 2. The van der Waals surface area contributed by atoms with Crippen LogP contribution < -0.4 is 10.6 Å². The molecule has 1 saturated heterocycles. The minimum Gasteiger partial charge on any atom is -0.339 e. The normalized spacial score (nSPS) is 14.3. The number of carbonyl (C=O) groups is 3. The number of halogens is 1. The third kappa shape index (κ3) is 5.40. The van der Waals surface area contributed by atoms with Crippen molar-refractivity contribution in [1.82, 2.24) is 4.90 Å². The van der Waals surface area contributed by atoms with Gasteiger partial charge in [0.05, 0.1) is 0 Å². The van der Waals surface area contributed by atoms with E-state index in [4.69, 9.17) is 0 Å². The number of carbonyl (C=O) groups excluding carboxylic acids is 3. The molecule has 0 aliphatic carbocycles. The smallest absolute Gasteiger partial charge is 0.253 e. The molecule has 3 amide bonds. The molecule has 0 atom stereocenters. The molecule has 0 radical (unpaired) electrons. The predicted octanol–water partition coefficient (Wildman–Crippen LogP) is 3.67. The van der Waals surface area contributed by atoms with Gasteiger partial charge < -0.3 is 15.5 Å². The molecule has 0 saturated carbocycles. The monoisotopic (exact) mass is 397 g/mol. The van der Waals surface area contributed by atoms with Gasteiger partial charge in [-0.05, 0) is 61.4 Å². The highest BCUT2D eigenvalue weighted by molar-refractivity contribution is 5.95. The van der Waals surface area contributed by atoms with Gasteiger partial charge in [0, 0.05) is 42.4 Å². The summed E-state index contributed by atoms with van der Waals surface area (Å²) in [5, 5.41) is 5.65. The van der Waals surface area contributed by atoms with Crippen LogP contribution in [0.15, 0.2) is 48.5 Å². The maximum absolute atomic E-state index is 13.0. The Hall–Kier alpha value is -3.22. The Balaban J connectivity index is 1.50. The van der Waals surface area contributed by atoms with Crippen molar-refractivity contribution in [2.75, 3.05) is 23.7 Å². The van der Waals surface area contributed by atoms with E-state index in [2.05, 4.69) is 10.6 Å². The molecular formula is C22H24FN3O3. The number of benzene rings is 2. The van der Waals surface area contributed by atoms with Crippen molar-refractivity contribution in [3.63, 3.8) is 0 Å². The molecule has 29 heavy (non-hydrogen) atoms. The molecule has 2 N–H and O–H groups in total. The van der Waals surface area contributed by atoms with E-state index >= 15 is 0 Å². The fraction of sp³-hybridized carbons (Fsp3) is 0.318. The average Bonchev–Trinajstić information content (AvgIpc) is 2.75. The number of rotatable bonds is 5. The molecule has 0 unspecified atom stereocenters. The summed E-state index contributed by atoms with van der Waals surface area (Å²) in [6.45, 7) is 2.75. The number of nitrogens with one attached hydrogen (secondary N) is 2. The second-order valence-electron chi connectivity index (χ2n) is 7.04. The molecule has 3 rings (SSSR count). The Morgan fingerprint density at radius 2 is 1.48 bits per heavy atom. The van der Waals surface area contributed by atoms with Crippen molar-refractivity contribution >= 4 is 29.1 Å². The third-order valence-electron chi connectivity index (χ3n) is 5.00. The molecule has 1 aliphatic rings. The van der Waals surface area contributed by atoms with Crippen LogP contribution in [0.25, 0.3) is 0 Å². The topological polar surface area (TPSA) is 78.5 Å². The molecular weight excluding hydrogens is 373 g/mol. The summed E-state index contributed by atoms with van der Waals surface area (Å²) in [6.07, 6.45) is 1.55. The summed E-state index contributed by atoms with van der Waals surface area (Å²) < 4.78 is 13.0. The van der Waals surface area contributed by atoms with Crippen LogP contribution in [0.4, 0.5) is 15.8 Å². The second-order valence-corrected chi connectivity index (χ2v) is 7.04. The minimum absolute atomic E-state index is 0.0660. The summed E-state index contributed by atoms with van der Waals surface area (Å²) in [7, 11) is 0. The molecule has 2 aromatic rings. The molecule has 0 spiro atoms. The van der Waals surface area contributed by atoms with Crippen LogP contribution in [0.2, 0.25) is 0 Å². The van der Waals surface area contributed by atoms with Gasteiger partial charge in [-0.1, -0.05) is 6.92 Å². The number of amides is 3. The molecule has 1 aliphatic heterocycles. The minimum atomic E-state index is -0.377. The SMILES string of the molecule is CCC(=O)Nc1ccc(NC(=O)C2CCN(C(=O)c3ccc(F)cc3)CC2)cc1. The van der Waals surface area contributed by atoms with Crippen LogP contribution in [0, 0.1) is 11.7 Å². The average molecular weight is 397 g/mol. The highest BCUT2D eigenvalue weighted by Crippen LogP contribution is 2.22. The molecule has 2 aromatic carbocycles. The largest absolute Gasteiger partial charge is 0.339 e. The zero-order valence-electron chi connectivity index (χ0n) is 16.3. The molecule has 1 fully saturated rings. The van der Waals surface area contributed by atoms with E-state index in [-0.39, 0.29) is 29.5 Å². The van der Waals surface area contributed by atoms with Gasteiger partial charge in [-0.25, -0.2) is 4.39 Å². The van der Waals surface area contributed by atoms with Gasteiger partial charge in [-0.2, -0.15) is 0 Å². The first-order valence-electron chi connectivity index (χ1n) is 9.72. The molecule has 7 heteroatoms. The first-order chi connectivity index (χ1) is 14.0. The first-order valence-corrected chi connectivity index (χ1v) is 9.72. The second kappa shape index (κ2) is 9.32. The van der Waals surface area contributed by atoms with Gasteiger partial charge in [-0.3, -0.25) is 14.4 Å². The van der Waals surface area contributed by atoms with Gasteiger partial charge >= 0.3 is 0 Å². The van der Waals surface area contributed by atoms with Crippen LogP contribution in [0.1, 0.15) is 36.5 Å². The number of nitrogens with zero attached hydrogens (tertiary/aromatic N) is 1. The van der Waals surface area contributed by atoms with Crippen LogP contribution in [-0.4, -0.2) is 35.7 Å². The van der Waals surface area contributed by atoms with Crippen molar-refractivity contribution in [1.29, 1.82) is 0 Å². The lowest BCUT2D eigenvalue weighted by Crippen LogP contribution is -2.41. The van der Waals surface area contributed by atoms with Crippen molar-refractivity contribution < 1.29 is 18.8 Å². The van der Waals surface area contributed by atoms with Crippen LogP contribution in [0.3, 0.4) is 0 Å². The van der Waals surface area contributed by atoms with E-state index in [9.17, 15) is 18.8 Å². The van der Waals surface area contributed by atoms with E-state index in [0.29, 0.717) is 49.3 Å². The van der Waals surface area contributed by atoms with Crippen molar-refractivity contribution in [2.24, 2.45) is 5.92 Å². The fourth-order valence-corrected chi connectivity index (χ4v) is 3.25. The molecule has 1 heterocycles. The summed E-state index contributed by atoms with van der Waals surface area (Å²) in [4.78, 5) is 38.1. The zero-order valence-corrected chi connectivity index (χ0v) is 16.3. The van der Waals surface area contributed by atoms with Crippen LogP contribution in [-0.2, 0) is 9.59 Å². The highest BCUT2D eigenvalue weighted by atomic mass is 19.1. The maximum atomic E-state index is 13.0. The van der Waals surface area contributed by atoms with Crippen molar-refractivity contribution in [3.8, 4) is 0 Å². The Labute approximate surface area is 169 Å². The van der Waals surface area contributed by atoms with Gasteiger partial charge in [0.2, 0.25) is 11.8 Å². The molecule has 152 valence electrons. The summed E-state index contributed by atoms with van der Waals surface area (Å²) in [5.41, 5.74) is 1.79. The third-order valence-corrected chi connectivity index (χ3v) is 5.00. The summed E-state index contributed by atoms with van der Waals surface area (Å²) in [6, 6.07) is 12.5. The van der Waals surface area contributed by atoms with Gasteiger partial charge in [0.15, 0.2) is 0 Å². The fourth-order valence-electron chi connectivity index (χ4n) is 3.25. The van der Waals surface area contributed by atoms with E-state index in [1.54, 1.807) is 36.1 Å². The lowest BCUT2D eigenvalue weighted by molar-refractivity contribution is -0.121. The highest BCUT2D eigenvalue weighted by Gasteiger charge is 2.27. The molecule has 0 bridgehead atoms. The standard InChI is InChI=1S/C22H24FN3O3/c1-2-20(27)24-18-7-9-19(10-8-18)25-21(28)15-11-13-26(14-12-15)22(29)16-3-5-17(23)6-4-16/h3-10,15H,2,11-14H2,1H3,(H,24,27)(H,25,28). The maximum Gasteiger partial charge on any atom is 0.253 e. The van der Waals surface area contributed by atoms with Crippen molar-refractivity contribution in [3.05, 3.63) is 59.9 Å². The number of hydrogen-bond acceptors (Lipinski definition) is 3. The summed E-state index contributed by atoms with van der Waals surface area (Å²) in [5.74, 6) is -0.842. The Kier molecular flexibility index (Phi) is 6.59. The predicted molar refractivity (Wildman–Crippen MR) is 109 cm³/mol. The Morgan fingerprint density at radius 1 is 0.931 bits per heavy atom. The lowest BCUT2D eigenvalue weighted by atomic mass is 9.95. The van der Waals surface area contributed by atoms with E-state index in [0.717, 1.165) is 0 Å². The summed E-state index contributed by atoms with van der Waals surface area (Å²) >= 11 is 0. The molecule has 6 nitrogen and oxygen atoms in total. The van der Waals surface area contributed by atoms with E-state index in [1.807, 2.05) is 0 Å². The van der Waals surface area contributed by atoms with Gasteiger partial charge in [0.1, 0.15) is 5.82 Å². The lowest BCUT2D eigenvalue weighted by Gasteiger charge is -2.31. The Bertz CT molecular complexity index is 873. The van der Waals surface area contributed by atoms with E-state index in [1.165, 1.54) is 24.3 Å². The first kappa shape index (κ1) is 20.5. The van der Waals surface area contributed by atoms with Gasteiger partial charge in [-0.15, -0.1) is 0 Å². The number of piperidine rings is 1. The van der Waals surface area contributed by atoms with Crippen LogP contribution in [0.5, 0.6) is 0 Å².